The summed E-state index contributed by atoms with van der Waals surface area (Å²) in [5, 5.41) is 12.0. The number of aliphatic hydroxyl groups excluding tert-OH is 1. The summed E-state index contributed by atoms with van der Waals surface area (Å²) >= 11 is 0. The first-order valence-electron chi connectivity index (χ1n) is 6.82. The van der Waals surface area contributed by atoms with Crippen LogP contribution in [0.15, 0.2) is 23.1 Å². The molecule has 1 rings (SSSR count). The van der Waals surface area contributed by atoms with E-state index in [4.69, 9.17) is 0 Å². The molecule has 0 radical (unpaired) electrons. The fraction of sp³-hybridized carbons (Fsp3) is 0.571. The molecule has 1 heterocycles. The average Bonchev–Trinajstić information content (AvgIpc) is 2.37. The second kappa shape index (κ2) is 7.44. The van der Waals surface area contributed by atoms with Crippen molar-refractivity contribution >= 4 is 5.91 Å². The molecule has 1 amide bonds. The fourth-order valence-corrected chi connectivity index (χ4v) is 1.89. The number of carbonyl (C=O) groups excluding carboxylic acids is 1. The molecular weight excluding hydrogens is 301 g/mol. The molecule has 0 aliphatic rings. The summed E-state index contributed by atoms with van der Waals surface area (Å²) in [6.45, 7) is 3.28. The number of amides is 1. The minimum Gasteiger partial charge on any atom is -0.391 e. The summed E-state index contributed by atoms with van der Waals surface area (Å²) < 4.78 is 38.4. The number of hydrogen-bond donors (Lipinski definition) is 2. The van der Waals surface area contributed by atoms with Gasteiger partial charge >= 0.3 is 6.18 Å². The standard InChI is InChI=1S/C14H19F3N2O3/c1-9(2)5-11(20)6-18-12(21)8-19-7-10(14(15,16)17)3-4-13(19)22/h3-4,7,9,11,20H,5-6,8H2,1-2H3,(H,18,21). The number of aromatic nitrogens is 1. The van der Waals surface area contributed by atoms with Crippen molar-refractivity contribution in [2.75, 3.05) is 6.54 Å². The van der Waals surface area contributed by atoms with Crippen LogP contribution in [-0.4, -0.2) is 28.2 Å². The van der Waals surface area contributed by atoms with E-state index in [9.17, 15) is 27.9 Å². The van der Waals surface area contributed by atoms with Gasteiger partial charge in [-0.05, 0) is 18.4 Å². The zero-order valence-electron chi connectivity index (χ0n) is 12.4. The Kier molecular flexibility index (Phi) is 6.16. The summed E-state index contributed by atoms with van der Waals surface area (Å²) in [4.78, 5) is 23.1. The smallest absolute Gasteiger partial charge is 0.391 e. The molecule has 0 bridgehead atoms. The van der Waals surface area contributed by atoms with Crippen molar-refractivity contribution in [2.45, 2.75) is 39.1 Å². The first-order chi connectivity index (χ1) is 10.1. The number of pyridine rings is 1. The van der Waals surface area contributed by atoms with E-state index in [1.54, 1.807) is 0 Å². The van der Waals surface area contributed by atoms with E-state index in [1.807, 2.05) is 13.8 Å². The van der Waals surface area contributed by atoms with Gasteiger partial charge in [-0.2, -0.15) is 13.2 Å². The maximum atomic E-state index is 12.6. The Morgan fingerprint density at radius 3 is 2.55 bits per heavy atom. The van der Waals surface area contributed by atoms with Crippen LogP contribution in [0.5, 0.6) is 0 Å². The highest BCUT2D eigenvalue weighted by molar-refractivity contribution is 5.75. The summed E-state index contributed by atoms with van der Waals surface area (Å²) in [6, 6.07) is 1.44. The Bertz CT molecular complexity index is 567. The third kappa shape index (κ3) is 5.88. The Labute approximate surface area is 125 Å². The molecular formula is C14H19F3N2O3. The molecule has 8 heteroatoms. The first-order valence-corrected chi connectivity index (χ1v) is 6.82. The Balaban J connectivity index is 2.67. The lowest BCUT2D eigenvalue weighted by Crippen LogP contribution is -2.37. The van der Waals surface area contributed by atoms with Crippen LogP contribution < -0.4 is 10.9 Å². The maximum Gasteiger partial charge on any atom is 0.417 e. The van der Waals surface area contributed by atoms with E-state index in [0.29, 0.717) is 23.3 Å². The molecule has 0 aliphatic heterocycles. The number of rotatable bonds is 6. The lowest BCUT2D eigenvalue weighted by molar-refractivity contribution is -0.138. The lowest BCUT2D eigenvalue weighted by atomic mass is 10.1. The Hall–Kier alpha value is -1.83. The van der Waals surface area contributed by atoms with Crippen molar-refractivity contribution in [1.82, 2.24) is 9.88 Å². The van der Waals surface area contributed by atoms with Crippen LogP contribution in [0.4, 0.5) is 13.2 Å². The molecule has 1 aromatic rings. The monoisotopic (exact) mass is 320 g/mol. The Morgan fingerprint density at radius 2 is 2.00 bits per heavy atom. The summed E-state index contributed by atoms with van der Waals surface area (Å²) in [5.41, 5.74) is -1.70. The fourth-order valence-electron chi connectivity index (χ4n) is 1.89. The van der Waals surface area contributed by atoms with Gasteiger partial charge in [-0.25, -0.2) is 0 Å². The van der Waals surface area contributed by atoms with Gasteiger partial charge in [0.25, 0.3) is 5.56 Å². The van der Waals surface area contributed by atoms with E-state index < -0.39 is 35.9 Å². The molecule has 0 aromatic carbocycles. The molecule has 0 spiro atoms. The van der Waals surface area contributed by atoms with Crippen molar-refractivity contribution in [3.8, 4) is 0 Å². The highest BCUT2D eigenvalue weighted by atomic mass is 19.4. The van der Waals surface area contributed by atoms with Gasteiger partial charge in [0.15, 0.2) is 0 Å². The van der Waals surface area contributed by atoms with E-state index >= 15 is 0 Å². The van der Waals surface area contributed by atoms with E-state index in [-0.39, 0.29) is 12.5 Å². The number of alkyl halides is 3. The largest absolute Gasteiger partial charge is 0.417 e. The van der Waals surface area contributed by atoms with E-state index in [0.717, 1.165) is 6.07 Å². The SMILES string of the molecule is CC(C)CC(O)CNC(=O)Cn1cc(C(F)(F)F)ccc1=O. The van der Waals surface area contributed by atoms with Crippen LogP contribution >= 0.6 is 0 Å². The van der Waals surface area contributed by atoms with Crippen molar-refractivity contribution in [1.29, 1.82) is 0 Å². The van der Waals surface area contributed by atoms with Crippen LogP contribution in [0.25, 0.3) is 0 Å². The lowest BCUT2D eigenvalue weighted by Gasteiger charge is -2.14. The highest BCUT2D eigenvalue weighted by Gasteiger charge is 2.31. The van der Waals surface area contributed by atoms with Gasteiger partial charge in [-0.3, -0.25) is 9.59 Å². The molecule has 0 saturated heterocycles. The molecule has 1 aromatic heterocycles. The number of carbonyl (C=O) groups is 1. The minimum absolute atomic E-state index is 0.00920. The van der Waals surface area contributed by atoms with Crippen LogP contribution in [0.3, 0.4) is 0 Å². The van der Waals surface area contributed by atoms with E-state index in [1.165, 1.54) is 0 Å². The van der Waals surface area contributed by atoms with Crippen molar-refractivity contribution in [3.05, 3.63) is 34.2 Å². The zero-order valence-corrected chi connectivity index (χ0v) is 12.4. The predicted octanol–water partition coefficient (Wildman–Crippen LogP) is 1.39. The average molecular weight is 320 g/mol. The van der Waals surface area contributed by atoms with Crippen molar-refractivity contribution in [3.63, 3.8) is 0 Å². The molecule has 1 unspecified atom stereocenters. The van der Waals surface area contributed by atoms with Gasteiger partial charge in [-0.1, -0.05) is 13.8 Å². The van der Waals surface area contributed by atoms with Crippen LogP contribution in [0.2, 0.25) is 0 Å². The molecule has 124 valence electrons. The molecule has 0 aliphatic carbocycles. The normalized spacial score (nSPS) is 13.2. The number of nitrogens with one attached hydrogen (secondary N) is 1. The van der Waals surface area contributed by atoms with Gasteiger partial charge in [-0.15, -0.1) is 0 Å². The third-order valence-corrected chi connectivity index (χ3v) is 2.90. The minimum atomic E-state index is -4.58. The van der Waals surface area contributed by atoms with Crippen LogP contribution in [-0.2, 0) is 17.5 Å². The number of nitrogens with zero attached hydrogens (tertiary/aromatic N) is 1. The first kappa shape index (κ1) is 18.2. The quantitative estimate of drug-likeness (QED) is 0.832. The number of aliphatic hydroxyl groups is 1. The van der Waals surface area contributed by atoms with Gasteiger partial charge in [0.1, 0.15) is 6.54 Å². The van der Waals surface area contributed by atoms with E-state index in [2.05, 4.69) is 5.32 Å². The Morgan fingerprint density at radius 1 is 1.36 bits per heavy atom. The topological polar surface area (TPSA) is 71.3 Å². The molecule has 5 nitrogen and oxygen atoms in total. The molecule has 1 atom stereocenters. The number of hydrogen-bond acceptors (Lipinski definition) is 3. The molecule has 22 heavy (non-hydrogen) atoms. The van der Waals surface area contributed by atoms with Gasteiger partial charge in [0.05, 0.1) is 11.7 Å². The summed E-state index contributed by atoms with van der Waals surface area (Å²) in [5.74, 6) is -0.387. The second-order valence-electron chi connectivity index (χ2n) is 5.47. The predicted molar refractivity (Wildman–Crippen MR) is 74.2 cm³/mol. The zero-order chi connectivity index (χ0) is 16.9. The second-order valence-corrected chi connectivity index (χ2v) is 5.47. The van der Waals surface area contributed by atoms with Gasteiger partial charge < -0.3 is 15.0 Å². The van der Waals surface area contributed by atoms with Crippen LogP contribution in [0, 0.1) is 5.92 Å². The maximum absolute atomic E-state index is 12.6. The van der Waals surface area contributed by atoms with Crippen molar-refractivity contribution in [2.24, 2.45) is 5.92 Å². The van der Waals surface area contributed by atoms with Gasteiger partial charge in [0.2, 0.25) is 5.91 Å². The molecule has 2 N–H and O–H groups in total. The number of halogens is 3. The summed E-state index contributed by atoms with van der Waals surface area (Å²) in [7, 11) is 0. The highest BCUT2D eigenvalue weighted by Crippen LogP contribution is 2.27. The van der Waals surface area contributed by atoms with Crippen LogP contribution in [0.1, 0.15) is 25.8 Å². The molecule has 0 saturated carbocycles. The third-order valence-electron chi connectivity index (χ3n) is 2.90. The van der Waals surface area contributed by atoms with Gasteiger partial charge in [0, 0.05) is 18.8 Å². The van der Waals surface area contributed by atoms with Crippen molar-refractivity contribution < 1.29 is 23.1 Å². The summed E-state index contributed by atoms with van der Waals surface area (Å²) in [6.07, 6.45) is -4.22. The molecule has 0 fully saturated rings.